The number of ether oxygens (including phenoxy) is 2. The maximum Gasteiger partial charge on any atom is 0.311 e. The third-order valence-electron chi connectivity index (χ3n) is 5.70. The lowest BCUT2D eigenvalue weighted by atomic mass is 10.0. The van der Waals surface area contributed by atoms with Crippen LogP contribution in [0.3, 0.4) is 0 Å². The topological polar surface area (TPSA) is 133 Å². The third kappa shape index (κ3) is 3.75. The zero-order chi connectivity index (χ0) is 24.7. The number of aromatic nitrogens is 3. The molecule has 1 aliphatic heterocycles. The lowest BCUT2D eigenvalue weighted by Gasteiger charge is -2.17. The summed E-state index contributed by atoms with van der Waals surface area (Å²) in [5, 5.41) is 23.3. The Morgan fingerprint density at radius 3 is 2.80 bits per heavy atom. The Kier molecular flexibility index (Phi) is 5.61. The minimum absolute atomic E-state index is 0.0951. The van der Waals surface area contributed by atoms with Crippen LogP contribution in [0, 0.1) is 10.1 Å². The Hall–Kier alpha value is -4.38. The van der Waals surface area contributed by atoms with Crippen LogP contribution in [-0.4, -0.2) is 46.4 Å². The number of nitro groups is 1. The fraction of sp³-hybridized carbons (Fsp3) is 0.174. The number of amides is 1. The first kappa shape index (κ1) is 22.4. The van der Waals surface area contributed by atoms with Crippen LogP contribution in [0.5, 0.6) is 11.5 Å². The normalized spacial score (nSPS) is 12.7. The average molecular weight is 495 g/mol. The van der Waals surface area contributed by atoms with Crippen LogP contribution in [0.4, 0.5) is 17.1 Å². The largest absolute Gasteiger partial charge is 0.493 e. The highest BCUT2D eigenvalue weighted by atomic mass is 35.5. The van der Waals surface area contributed by atoms with Gasteiger partial charge in [-0.15, -0.1) is 0 Å². The van der Waals surface area contributed by atoms with E-state index in [1.807, 2.05) is 0 Å². The molecule has 0 saturated heterocycles. The zero-order valence-electron chi connectivity index (χ0n) is 18.7. The molecule has 1 aliphatic rings. The predicted molar refractivity (Wildman–Crippen MR) is 130 cm³/mol. The van der Waals surface area contributed by atoms with Gasteiger partial charge in [0.2, 0.25) is 0 Å². The Morgan fingerprint density at radius 2 is 2.06 bits per heavy atom. The standard InChI is InChI=1S/C23H19ClN6O5/c1-34-18-11-16-13(10-17(18)30(32)33)12(6-7-25-16)19-20(21-23(31)26-8-9-29(21)28-19)27-15-5-3-4-14(24)22(15)35-2/h3-7,10-11,27H,8-9H2,1-2H3,(H,26,31). The van der Waals surface area contributed by atoms with E-state index in [4.69, 9.17) is 26.2 Å². The fourth-order valence-electron chi connectivity index (χ4n) is 4.14. The molecule has 0 aliphatic carbocycles. The maximum absolute atomic E-state index is 12.9. The molecular formula is C23H19ClN6O5. The van der Waals surface area contributed by atoms with Crippen LogP contribution in [-0.2, 0) is 6.54 Å². The summed E-state index contributed by atoms with van der Waals surface area (Å²) in [6.45, 7) is 0.881. The summed E-state index contributed by atoms with van der Waals surface area (Å²) in [6.07, 6.45) is 1.57. The summed E-state index contributed by atoms with van der Waals surface area (Å²) in [6, 6.07) is 9.81. The van der Waals surface area contributed by atoms with E-state index in [1.165, 1.54) is 26.4 Å². The Balaban J connectivity index is 1.77. The van der Waals surface area contributed by atoms with Gasteiger partial charge in [-0.25, -0.2) is 0 Å². The van der Waals surface area contributed by atoms with Gasteiger partial charge in [-0.2, -0.15) is 5.10 Å². The zero-order valence-corrected chi connectivity index (χ0v) is 19.4. The van der Waals surface area contributed by atoms with E-state index in [1.54, 1.807) is 35.1 Å². The lowest BCUT2D eigenvalue weighted by Crippen LogP contribution is -2.35. The van der Waals surface area contributed by atoms with Crippen LogP contribution >= 0.6 is 11.6 Å². The molecule has 11 nitrogen and oxygen atoms in total. The number of nitrogens with zero attached hydrogens (tertiary/aromatic N) is 4. The Bertz CT molecular complexity index is 1500. The SMILES string of the molecule is COc1cc2nccc(-c3nn4c(c3Nc3cccc(Cl)c3OC)C(=O)NCC4)c2cc1[N+](=O)[O-]. The molecule has 0 unspecified atom stereocenters. The molecule has 4 aromatic rings. The molecule has 12 heteroatoms. The van der Waals surface area contributed by atoms with E-state index in [9.17, 15) is 14.9 Å². The molecule has 0 saturated carbocycles. The Labute approximate surface area is 203 Å². The van der Waals surface area contributed by atoms with Crippen LogP contribution in [0.25, 0.3) is 22.2 Å². The lowest BCUT2D eigenvalue weighted by molar-refractivity contribution is -0.385. The summed E-state index contributed by atoms with van der Waals surface area (Å²) in [7, 11) is 2.86. The fourth-order valence-corrected chi connectivity index (χ4v) is 4.40. The summed E-state index contributed by atoms with van der Waals surface area (Å²) < 4.78 is 12.3. The van der Waals surface area contributed by atoms with Crippen molar-refractivity contribution in [1.29, 1.82) is 0 Å². The van der Waals surface area contributed by atoms with Crippen molar-refractivity contribution in [1.82, 2.24) is 20.1 Å². The second kappa shape index (κ2) is 8.76. The first-order valence-corrected chi connectivity index (χ1v) is 10.9. The number of methoxy groups -OCH3 is 2. The van der Waals surface area contributed by atoms with Crippen molar-refractivity contribution in [2.45, 2.75) is 6.54 Å². The number of hydrogen-bond acceptors (Lipinski definition) is 8. The second-order valence-electron chi connectivity index (χ2n) is 7.65. The number of carbonyl (C=O) groups is 1. The van der Waals surface area contributed by atoms with Crippen LogP contribution in [0.1, 0.15) is 10.5 Å². The van der Waals surface area contributed by atoms with Gasteiger partial charge in [0, 0.05) is 35.8 Å². The molecule has 0 fully saturated rings. The predicted octanol–water partition coefficient (Wildman–Crippen LogP) is 4.16. The molecule has 3 heterocycles. The number of rotatable bonds is 6. The molecule has 0 radical (unpaired) electrons. The molecule has 1 amide bonds. The maximum atomic E-state index is 12.9. The van der Waals surface area contributed by atoms with Crippen LogP contribution in [0.2, 0.25) is 5.02 Å². The highest BCUT2D eigenvalue weighted by Crippen LogP contribution is 2.42. The van der Waals surface area contributed by atoms with Crippen molar-refractivity contribution in [2.24, 2.45) is 0 Å². The van der Waals surface area contributed by atoms with E-state index in [-0.39, 0.29) is 17.3 Å². The van der Waals surface area contributed by atoms with Gasteiger partial charge >= 0.3 is 5.69 Å². The number of anilines is 2. The first-order chi connectivity index (χ1) is 16.9. The van der Waals surface area contributed by atoms with Crippen LogP contribution < -0.4 is 20.1 Å². The van der Waals surface area contributed by atoms with E-state index < -0.39 is 4.92 Å². The summed E-state index contributed by atoms with van der Waals surface area (Å²) in [4.78, 5) is 28.4. The summed E-state index contributed by atoms with van der Waals surface area (Å²) in [5.41, 5.74) is 2.51. The first-order valence-electron chi connectivity index (χ1n) is 10.5. The van der Waals surface area contributed by atoms with Crippen molar-refractivity contribution < 1.29 is 19.2 Å². The number of carbonyl (C=O) groups excluding carboxylic acids is 1. The highest BCUT2D eigenvalue weighted by Gasteiger charge is 2.29. The van der Waals surface area contributed by atoms with Crippen molar-refractivity contribution in [2.75, 3.05) is 26.1 Å². The van der Waals surface area contributed by atoms with Gasteiger partial charge in [-0.05, 0) is 18.2 Å². The Morgan fingerprint density at radius 1 is 1.23 bits per heavy atom. The number of benzene rings is 2. The second-order valence-corrected chi connectivity index (χ2v) is 8.06. The molecule has 2 aromatic carbocycles. The monoisotopic (exact) mass is 494 g/mol. The molecule has 35 heavy (non-hydrogen) atoms. The molecule has 2 N–H and O–H groups in total. The van der Waals surface area contributed by atoms with Gasteiger partial charge in [-0.1, -0.05) is 17.7 Å². The highest BCUT2D eigenvalue weighted by molar-refractivity contribution is 6.32. The molecule has 0 bridgehead atoms. The van der Waals surface area contributed by atoms with Crippen molar-refractivity contribution in [3.8, 4) is 22.8 Å². The molecule has 0 spiro atoms. The van der Waals surface area contributed by atoms with E-state index in [2.05, 4.69) is 15.6 Å². The van der Waals surface area contributed by atoms with Crippen molar-refractivity contribution in [3.05, 3.63) is 63.4 Å². The minimum Gasteiger partial charge on any atom is -0.493 e. The molecule has 2 aromatic heterocycles. The summed E-state index contributed by atoms with van der Waals surface area (Å²) >= 11 is 6.30. The quantitative estimate of drug-likeness (QED) is 0.301. The van der Waals surface area contributed by atoms with E-state index in [0.29, 0.717) is 63.1 Å². The number of pyridine rings is 1. The number of nitro benzene ring substituents is 1. The van der Waals surface area contributed by atoms with Gasteiger partial charge in [0.1, 0.15) is 11.4 Å². The number of halogens is 1. The van der Waals surface area contributed by atoms with Gasteiger partial charge in [-0.3, -0.25) is 24.6 Å². The number of fused-ring (bicyclic) bond motifs is 2. The molecule has 5 rings (SSSR count). The number of para-hydroxylation sites is 1. The van der Waals surface area contributed by atoms with Gasteiger partial charge in [0.15, 0.2) is 11.5 Å². The summed E-state index contributed by atoms with van der Waals surface area (Å²) in [5.74, 6) is 0.193. The van der Waals surface area contributed by atoms with Crippen LogP contribution in [0.15, 0.2) is 42.6 Å². The minimum atomic E-state index is -0.517. The third-order valence-corrected chi connectivity index (χ3v) is 6.00. The average Bonchev–Trinajstić information content (AvgIpc) is 3.22. The number of hydrogen-bond donors (Lipinski definition) is 2. The van der Waals surface area contributed by atoms with Crippen molar-refractivity contribution >= 4 is 45.5 Å². The van der Waals surface area contributed by atoms with E-state index >= 15 is 0 Å². The van der Waals surface area contributed by atoms with Gasteiger partial charge < -0.3 is 20.1 Å². The molecule has 0 atom stereocenters. The van der Waals surface area contributed by atoms with E-state index in [0.717, 1.165) is 0 Å². The van der Waals surface area contributed by atoms with Gasteiger partial charge in [0.25, 0.3) is 5.91 Å². The molecule has 178 valence electrons. The smallest absolute Gasteiger partial charge is 0.311 e. The van der Waals surface area contributed by atoms with Crippen molar-refractivity contribution in [3.63, 3.8) is 0 Å². The number of nitrogens with one attached hydrogen (secondary N) is 2. The van der Waals surface area contributed by atoms with Gasteiger partial charge in [0.05, 0.1) is 47.6 Å². The molecular weight excluding hydrogens is 476 g/mol.